The zero-order valence-electron chi connectivity index (χ0n) is 14.2. The van der Waals surface area contributed by atoms with Gasteiger partial charge in [0, 0.05) is 44.5 Å². The number of carbonyl (C=O) groups excluding carboxylic acids is 1. The summed E-state index contributed by atoms with van der Waals surface area (Å²) in [6.07, 6.45) is 1.07. The average Bonchev–Trinajstić information content (AvgIpc) is 3.02. The number of anilines is 1. The van der Waals surface area contributed by atoms with E-state index in [1.807, 2.05) is 5.38 Å². The fourth-order valence-electron chi connectivity index (χ4n) is 3.04. The first-order valence-electron chi connectivity index (χ1n) is 8.41. The highest BCUT2D eigenvalue weighted by Crippen LogP contribution is 2.26. The summed E-state index contributed by atoms with van der Waals surface area (Å²) in [7, 11) is 0. The molecule has 1 aliphatic rings. The summed E-state index contributed by atoms with van der Waals surface area (Å²) in [6.45, 7) is 7.43. The van der Waals surface area contributed by atoms with Crippen LogP contribution in [0, 0.1) is 0 Å². The van der Waals surface area contributed by atoms with Gasteiger partial charge in [0.05, 0.1) is 5.69 Å². The molecule has 1 aromatic heterocycles. The number of hydrogen-bond donors (Lipinski definition) is 2. The smallest absolute Gasteiger partial charge is 0.223 e. The van der Waals surface area contributed by atoms with E-state index in [4.69, 9.17) is 0 Å². The summed E-state index contributed by atoms with van der Waals surface area (Å²) in [5.74, 6) is -0.0769. The molecule has 0 spiro atoms. The third-order valence-corrected chi connectivity index (χ3v) is 5.13. The van der Waals surface area contributed by atoms with Crippen molar-refractivity contribution in [1.82, 2.24) is 15.2 Å². The highest BCUT2D eigenvalue weighted by molar-refractivity contribution is 7.13. The highest BCUT2D eigenvalue weighted by Gasteiger charge is 2.24. The van der Waals surface area contributed by atoms with E-state index >= 15 is 0 Å². The number of amides is 1. The number of hydrogen-bond acceptors (Lipinski definition) is 5. The van der Waals surface area contributed by atoms with Gasteiger partial charge in [0.2, 0.25) is 5.91 Å². The van der Waals surface area contributed by atoms with Crippen molar-refractivity contribution in [3.05, 3.63) is 46.5 Å². The number of benzene rings is 1. The standard InChI is InChI=1S/C18H24N4OS/c1-3-14-4-6-15(7-5-14)17-10-19-8-9-22(17)11-16-12-24-18(21-16)20-13(2)23/h4-7,12,17,19H,3,8-11H2,1-2H3,(H,20,21,23). The van der Waals surface area contributed by atoms with Gasteiger partial charge in [-0.3, -0.25) is 9.69 Å². The molecule has 1 fully saturated rings. The molecule has 1 aliphatic heterocycles. The molecule has 24 heavy (non-hydrogen) atoms. The average molecular weight is 344 g/mol. The molecular formula is C18H24N4OS. The van der Waals surface area contributed by atoms with Gasteiger partial charge in [-0.2, -0.15) is 0 Å². The van der Waals surface area contributed by atoms with E-state index < -0.39 is 0 Å². The fourth-order valence-corrected chi connectivity index (χ4v) is 3.78. The van der Waals surface area contributed by atoms with Crippen LogP contribution in [-0.2, 0) is 17.8 Å². The van der Waals surface area contributed by atoms with Crippen molar-refractivity contribution in [3.63, 3.8) is 0 Å². The van der Waals surface area contributed by atoms with Gasteiger partial charge in [-0.05, 0) is 17.5 Å². The number of nitrogens with one attached hydrogen (secondary N) is 2. The van der Waals surface area contributed by atoms with E-state index in [9.17, 15) is 4.79 Å². The Morgan fingerprint density at radius 2 is 2.21 bits per heavy atom. The summed E-state index contributed by atoms with van der Waals surface area (Å²) in [5, 5.41) is 8.96. The lowest BCUT2D eigenvalue weighted by Gasteiger charge is -2.36. The third kappa shape index (κ3) is 4.20. The molecule has 6 heteroatoms. The normalized spacial score (nSPS) is 18.5. The van der Waals surface area contributed by atoms with Crippen LogP contribution in [0.4, 0.5) is 5.13 Å². The SMILES string of the molecule is CCc1ccc(C2CNCCN2Cc2csc(NC(C)=O)n2)cc1. The second-order valence-corrected chi connectivity index (χ2v) is 6.97. The number of aromatic nitrogens is 1. The number of aryl methyl sites for hydroxylation is 1. The van der Waals surface area contributed by atoms with E-state index in [2.05, 4.69) is 51.7 Å². The van der Waals surface area contributed by atoms with Crippen molar-refractivity contribution in [1.29, 1.82) is 0 Å². The maximum atomic E-state index is 11.1. The van der Waals surface area contributed by atoms with Crippen LogP contribution in [0.25, 0.3) is 0 Å². The molecule has 2 N–H and O–H groups in total. The van der Waals surface area contributed by atoms with E-state index in [0.29, 0.717) is 11.2 Å². The van der Waals surface area contributed by atoms with Crippen molar-refractivity contribution < 1.29 is 4.79 Å². The predicted octanol–water partition coefficient (Wildman–Crippen LogP) is 2.81. The summed E-state index contributed by atoms with van der Waals surface area (Å²) in [5.41, 5.74) is 3.73. The summed E-state index contributed by atoms with van der Waals surface area (Å²) >= 11 is 1.48. The second kappa shape index (κ2) is 7.88. The van der Waals surface area contributed by atoms with Crippen molar-refractivity contribution >= 4 is 22.4 Å². The van der Waals surface area contributed by atoms with Crippen molar-refractivity contribution in [3.8, 4) is 0 Å². The summed E-state index contributed by atoms with van der Waals surface area (Å²) < 4.78 is 0. The van der Waals surface area contributed by atoms with E-state index in [0.717, 1.165) is 38.3 Å². The second-order valence-electron chi connectivity index (χ2n) is 6.11. The lowest BCUT2D eigenvalue weighted by Crippen LogP contribution is -2.45. The van der Waals surface area contributed by atoms with Crippen LogP contribution in [0.1, 0.15) is 36.7 Å². The van der Waals surface area contributed by atoms with Crippen LogP contribution in [0.3, 0.4) is 0 Å². The monoisotopic (exact) mass is 344 g/mol. The van der Waals surface area contributed by atoms with Crippen LogP contribution in [0.2, 0.25) is 0 Å². The van der Waals surface area contributed by atoms with Gasteiger partial charge in [-0.25, -0.2) is 4.98 Å². The number of thiazole rings is 1. The number of nitrogens with zero attached hydrogens (tertiary/aromatic N) is 2. The Morgan fingerprint density at radius 3 is 2.92 bits per heavy atom. The Labute approximate surface area is 147 Å². The third-order valence-electron chi connectivity index (χ3n) is 4.33. The van der Waals surface area contributed by atoms with Crippen LogP contribution in [0.5, 0.6) is 0 Å². The number of rotatable bonds is 5. The van der Waals surface area contributed by atoms with Gasteiger partial charge in [0.25, 0.3) is 0 Å². The Bertz CT molecular complexity index is 683. The van der Waals surface area contributed by atoms with Gasteiger partial charge in [-0.15, -0.1) is 11.3 Å². The Kier molecular flexibility index (Phi) is 5.60. The topological polar surface area (TPSA) is 57.3 Å². The largest absolute Gasteiger partial charge is 0.314 e. The molecule has 0 radical (unpaired) electrons. The first kappa shape index (κ1) is 17.1. The molecule has 1 saturated heterocycles. The van der Waals surface area contributed by atoms with E-state index in [1.54, 1.807) is 0 Å². The highest BCUT2D eigenvalue weighted by atomic mass is 32.1. The molecule has 1 aromatic carbocycles. The number of carbonyl (C=O) groups is 1. The van der Waals surface area contributed by atoms with Gasteiger partial charge < -0.3 is 10.6 Å². The van der Waals surface area contributed by atoms with Crippen molar-refractivity contribution in [2.75, 3.05) is 25.0 Å². The van der Waals surface area contributed by atoms with E-state index in [-0.39, 0.29) is 5.91 Å². The van der Waals surface area contributed by atoms with Gasteiger partial charge in [0.1, 0.15) is 0 Å². The molecule has 1 amide bonds. The minimum atomic E-state index is -0.0769. The first-order chi connectivity index (χ1) is 11.7. The number of piperazine rings is 1. The zero-order valence-corrected chi connectivity index (χ0v) is 15.0. The Hall–Kier alpha value is -1.76. The zero-order chi connectivity index (χ0) is 16.9. The molecule has 3 rings (SSSR count). The molecule has 0 bridgehead atoms. The molecule has 0 saturated carbocycles. The molecule has 0 aliphatic carbocycles. The van der Waals surface area contributed by atoms with Crippen LogP contribution in [-0.4, -0.2) is 35.4 Å². The summed E-state index contributed by atoms with van der Waals surface area (Å²) in [4.78, 5) is 18.1. The molecule has 128 valence electrons. The van der Waals surface area contributed by atoms with Crippen molar-refractivity contribution in [2.24, 2.45) is 0 Å². The molecule has 2 heterocycles. The van der Waals surface area contributed by atoms with E-state index in [1.165, 1.54) is 29.4 Å². The van der Waals surface area contributed by atoms with Crippen LogP contribution < -0.4 is 10.6 Å². The molecular weight excluding hydrogens is 320 g/mol. The van der Waals surface area contributed by atoms with Crippen molar-refractivity contribution in [2.45, 2.75) is 32.9 Å². The minimum absolute atomic E-state index is 0.0769. The maximum Gasteiger partial charge on any atom is 0.223 e. The van der Waals surface area contributed by atoms with Gasteiger partial charge in [0.15, 0.2) is 5.13 Å². The lowest BCUT2D eigenvalue weighted by molar-refractivity contribution is -0.114. The Morgan fingerprint density at radius 1 is 1.42 bits per heavy atom. The molecule has 5 nitrogen and oxygen atoms in total. The molecule has 2 aromatic rings. The maximum absolute atomic E-state index is 11.1. The van der Waals surface area contributed by atoms with Gasteiger partial charge in [-0.1, -0.05) is 31.2 Å². The summed E-state index contributed by atoms with van der Waals surface area (Å²) in [6, 6.07) is 9.29. The van der Waals surface area contributed by atoms with Crippen LogP contribution >= 0.6 is 11.3 Å². The Balaban J connectivity index is 1.71. The van der Waals surface area contributed by atoms with Crippen LogP contribution in [0.15, 0.2) is 29.6 Å². The predicted molar refractivity (Wildman–Crippen MR) is 98.3 cm³/mol. The first-order valence-corrected chi connectivity index (χ1v) is 9.29. The molecule has 1 atom stereocenters. The fraction of sp³-hybridized carbons (Fsp3) is 0.444. The van der Waals surface area contributed by atoms with Gasteiger partial charge >= 0.3 is 0 Å². The quantitative estimate of drug-likeness (QED) is 0.876. The minimum Gasteiger partial charge on any atom is -0.314 e. The molecule has 1 unspecified atom stereocenters. The lowest BCUT2D eigenvalue weighted by atomic mass is 10.0.